The molecule has 1 aliphatic carbocycles. The van der Waals surface area contributed by atoms with Crippen LogP contribution in [0.2, 0.25) is 0 Å². The molecule has 0 radical (unpaired) electrons. The van der Waals surface area contributed by atoms with Crippen molar-refractivity contribution >= 4 is 11.8 Å². The van der Waals surface area contributed by atoms with Gasteiger partial charge in [0.05, 0.1) is 18.8 Å². The third-order valence-electron chi connectivity index (χ3n) is 6.35. The Balaban J connectivity index is 1.36. The molecule has 0 bridgehead atoms. The number of piperidine rings is 1. The Hall–Kier alpha value is -1.89. The number of nitrogens with one attached hydrogen (secondary N) is 1. The first-order valence-corrected chi connectivity index (χ1v) is 10.4. The van der Waals surface area contributed by atoms with Crippen molar-refractivity contribution in [2.45, 2.75) is 57.5 Å². The van der Waals surface area contributed by atoms with E-state index in [9.17, 15) is 9.59 Å². The number of ether oxygens (including phenoxy) is 1. The zero-order chi connectivity index (χ0) is 18.9. The van der Waals surface area contributed by atoms with Crippen LogP contribution in [0.5, 0.6) is 0 Å². The Morgan fingerprint density at radius 3 is 2.70 bits per heavy atom. The number of morpholine rings is 1. The molecule has 1 aromatic rings. The molecule has 7 heteroatoms. The Morgan fingerprint density at radius 2 is 2.04 bits per heavy atom. The van der Waals surface area contributed by atoms with E-state index < -0.39 is 0 Å². The van der Waals surface area contributed by atoms with Crippen LogP contribution in [0.3, 0.4) is 0 Å². The standard InChI is InChI=1S/C20H30N4O3/c1-2-4-16-13-17(22-21-16)19(26)24-11-12-27-20(14-24)7-9-23(10-8-20)18(25)15-5-3-6-15/h13,15H,2-12,14H2,1H3,(H,21,22). The number of nitrogens with zero attached hydrogens (tertiary/aromatic N) is 3. The molecule has 3 fully saturated rings. The van der Waals surface area contributed by atoms with Crippen molar-refractivity contribution < 1.29 is 14.3 Å². The van der Waals surface area contributed by atoms with Gasteiger partial charge >= 0.3 is 0 Å². The van der Waals surface area contributed by atoms with Crippen LogP contribution in [-0.4, -0.2) is 70.2 Å². The first kappa shape index (κ1) is 18.5. The number of carbonyl (C=O) groups excluding carboxylic acids is 2. The minimum absolute atomic E-state index is 0.0238. The zero-order valence-corrected chi connectivity index (χ0v) is 16.2. The third-order valence-corrected chi connectivity index (χ3v) is 6.35. The molecule has 1 N–H and O–H groups in total. The fraction of sp³-hybridized carbons (Fsp3) is 0.750. The van der Waals surface area contributed by atoms with E-state index in [-0.39, 0.29) is 17.4 Å². The van der Waals surface area contributed by atoms with Gasteiger partial charge in [0.1, 0.15) is 5.69 Å². The summed E-state index contributed by atoms with van der Waals surface area (Å²) in [6, 6.07) is 1.87. The summed E-state index contributed by atoms with van der Waals surface area (Å²) >= 11 is 0. The SMILES string of the molecule is CCCc1cc(C(=O)N2CCOC3(CCN(C(=O)C4CCC4)CC3)C2)n[nH]1. The van der Waals surface area contributed by atoms with E-state index in [2.05, 4.69) is 17.1 Å². The van der Waals surface area contributed by atoms with Crippen molar-refractivity contribution in [3.05, 3.63) is 17.5 Å². The van der Waals surface area contributed by atoms with Gasteiger partial charge in [0.15, 0.2) is 0 Å². The number of aromatic amines is 1. The Kier molecular flexibility index (Phi) is 5.21. The van der Waals surface area contributed by atoms with Gasteiger partial charge in [-0.3, -0.25) is 14.7 Å². The highest BCUT2D eigenvalue weighted by Crippen LogP contribution is 2.34. The van der Waals surface area contributed by atoms with Crippen molar-refractivity contribution in [2.75, 3.05) is 32.8 Å². The lowest BCUT2D eigenvalue weighted by atomic mass is 9.83. The molecule has 27 heavy (non-hydrogen) atoms. The van der Waals surface area contributed by atoms with Gasteiger partial charge in [-0.2, -0.15) is 5.10 Å². The van der Waals surface area contributed by atoms with Gasteiger partial charge in [-0.15, -0.1) is 0 Å². The van der Waals surface area contributed by atoms with Crippen LogP contribution < -0.4 is 0 Å². The summed E-state index contributed by atoms with van der Waals surface area (Å²) in [4.78, 5) is 29.2. The summed E-state index contributed by atoms with van der Waals surface area (Å²) in [5.41, 5.74) is 1.19. The minimum Gasteiger partial charge on any atom is -0.371 e. The molecule has 148 valence electrons. The molecule has 1 spiro atoms. The summed E-state index contributed by atoms with van der Waals surface area (Å²) in [6.07, 6.45) is 6.80. The smallest absolute Gasteiger partial charge is 0.274 e. The Labute approximate surface area is 160 Å². The molecule has 0 atom stereocenters. The Bertz CT molecular complexity index is 689. The first-order chi connectivity index (χ1) is 13.1. The van der Waals surface area contributed by atoms with Crippen LogP contribution in [0, 0.1) is 5.92 Å². The molecule has 0 unspecified atom stereocenters. The second-order valence-electron chi connectivity index (χ2n) is 8.24. The molecule has 3 aliphatic rings. The number of carbonyl (C=O) groups is 2. The zero-order valence-electron chi connectivity index (χ0n) is 16.2. The lowest BCUT2D eigenvalue weighted by Gasteiger charge is -2.47. The molecule has 1 aromatic heterocycles. The lowest BCUT2D eigenvalue weighted by Crippen LogP contribution is -2.59. The number of aryl methyl sites for hydroxylation is 1. The number of likely N-dealkylation sites (tertiary alicyclic amines) is 1. The summed E-state index contributed by atoms with van der Waals surface area (Å²) in [5, 5.41) is 7.17. The molecule has 2 amide bonds. The van der Waals surface area contributed by atoms with Gasteiger partial charge in [0.25, 0.3) is 5.91 Å². The number of hydrogen-bond acceptors (Lipinski definition) is 4. The fourth-order valence-electron chi connectivity index (χ4n) is 4.40. The average molecular weight is 374 g/mol. The summed E-state index contributed by atoms with van der Waals surface area (Å²) in [5.74, 6) is 0.547. The van der Waals surface area contributed by atoms with Gasteiger partial charge in [-0.05, 0) is 38.2 Å². The molecular formula is C20H30N4O3. The van der Waals surface area contributed by atoms with E-state index in [1.807, 2.05) is 15.9 Å². The summed E-state index contributed by atoms with van der Waals surface area (Å²) in [7, 11) is 0. The van der Waals surface area contributed by atoms with Crippen molar-refractivity contribution in [1.29, 1.82) is 0 Å². The van der Waals surface area contributed by atoms with Gasteiger partial charge in [-0.1, -0.05) is 19.8 Å². The molecule has 4 rings (SSSR count). The number of hydrogen-bond donors (Lipinski definition) is 1. The number of H-pyrrole nitrogens is 1. The molecule has 2 saturated heterocycles. The highest BCUT2D eigenvalue weighted by Gasteiger charge is 2.43. The van der Waals surface area contributed by atoms with Crippen molar-refractivity contribution in [3.8, 4) is 0 Å². The van der Waals surface area contributed by atoms with E-state index in [4.69, 9.17) is 4.74 Å². The highest BCUT2D eigenvalue weighted by molar-refractivity contribution is 5.92. The topological polar surface area (TPSA) is 78.5 Å². The van der Waals surface area contributed by atoms with Gasteiger partial charge in [0, 0.05) is 31.2 Å². The summed E-state index contributed by atoms with van der Waals surface area (Å²) < 4.78 is 6.14. The van der Waals surface area contributed by atoms with Crippen LogP contribution in [-0.2, 0) is 16.0 Å². The maximum Gasteiger partial charge on any atom is 0.274 e. The highest BCUT2D eigenvalue weighted by atomic mass is 16.5. The maximum atomic E-state index is 12.9. The van der Waals surface area contributed by atoms with Crippen molar-refractivity contribution in [2.24, 2.45) is 5.92 Å². The van der Waals surface area contributed by atoms with E-state index in [1.54, 1.807) is 0 Å². The lowest BCUT2D eigenvalue weighted by molar-refractivity contribution is -0.152. The molecule has 3 heterocycles. The molecule has 0 aromatic carbocycles. The monoisotopic (exact) mass is 374 g/mol. The van der Waals surface area contributed by atoms with Crippen LogP contribution >= 0.6 is 0 Å². The first-order valence-electron chi connectivity index (χ1n) is 10.4. The normalized spacial score (nSPS) is 22.7. The van der Waals surface area contributed by atoms with Crippen molar-refractivity contribution in [3.63, 3.8) is 0 Å². The average Bonchev–Trinajstić information content (AvgIpc) is 3.09. The third kappa shape index (κ3) is 3.74. The fourth-order valence-corrected chi connectivity index (χ4v) is 4.40. The van der Waals surface area contributed by atoms with Crippen molar-refractivity contribution in [1.82, 2.24) is 20.0 Å². The predicted molar refractivity (Wildman–Crippen MR) is 100 cm³/mol. The van der Waals surface area contributed by atoms with Crippen LogP contribution in [0.25, 0.3) is 0 Å². The maximum absolute atomic E-state index is 12.9. The van der Waals surface area contributed by atoms with E-state index in [0.717, 1.165) is 57.3 Å². The molecule has 1 saturated carbocycles. The van der Waals surface area contributed by atoms with Crippen LogP contribution in [0.4, 0.5) is 0 Å². The second kappa shape index (κ2) is 7.62. The van der Waals surface area contributed by atoms with E-state index in [0.29, 0.717) is 31.3 Å². The number of rotatable bonds is 4. The Morgan fingerprint density at radius 1 is 1.26 bits per heavy atom. The number of aromatic nitrogens is 2. The van der Waals surface area contributed by atoms with Gasteiger partial charge in [0.2, 0.25) is 5.91 Å². The largest absolute Gasteiger partial charge is 0.371 e. The van der Waals surface area contributed by atoms with Crippen LogP contribution in [0.1, 0.15) is 61.6 Å². The van der Waals surface area contributed by atoms with Gasteiger partial charge < -0.3 is 14.5 Å². The van der Waals surface area contributed by atoms with Gasteiger partial charge in [-0.25, -0.2) is 0 Å². The summed E-state index contributed by atoms with van der Waals surface area (Å²) in [6.45, 7) is 5.32. The predicted octanol–water partition coefficient (Wildman–Crippen LogP) is 2.00. The van der Waals surface area contributed by atoms with Crippen LogP contribution in [0.15, 0.2) is 6.07 Å². The quantitative estimate of drug-likeness (QED) is 0.874. The van der Waals surface area contributed by atoms with E-state index >= 15 is 0 Å². The second-order valence-corrected chi connectivity index (χ2v) is 8.24. The molecule has 2 aliphatic heterocycles. The number of amides is 2. The molecule has 7 nitrogen and oxygen atoms in total. The van der Waals surface area contributed by atoms with E-state index in [1.165, 1.54) is 6.42 Å². The minimum atomic E-state index is -0.313. The molecular weight excluding hydrogens is 344 g/mol.